The Balaban J connectivity index is 1.84. The highest BCUT2D eigenvalue weighted by Crippen LogP contribution is 2.16. The Morgan fingerprint density at radius 3 is 2.47 bits per heavy atom. The molecule has 1 aromatic heterocycles. The third-order valence-electron chi connectivity index (χ3n) is 4.72. The molecule has 2 aromatic rings. The molecule has 0 aliphatic heterocycles. The highest BCUT2D eigenvalue weighted by atomic mass is 19.1. The number of aromatic nitrogens is 4. The number of tetrazole rings is 1. The average Bonchev–Trinajstić information content (AvgIpc) is 3.11. The zero-order valence-corrected chi connectivity index (χ0v) is 19.4. The van der Waals surface area contributed by atoms with E-state index in [4.69, 9.17) is 4.74 Å². The topological polar surface area (TPSA) is 111 Å². The Labute approximate surface area is 188 Å². The number of nitrogens with one attached hydrogen (secondary N) is 2. The third kappa shape index (κ3) is 8.60. The van der Waals surface area contributed by atoms with Gasteiger partial charge in [-0.1, -0.05) is 12.1 Å². The van der Waals surface area contributed by atoms with Crippen LogP contribution in [0.3, 0.4) is 0 Å². The van der Waals surface area contributed by atoms with Crippen LogP contribution in [0.2, 0.25) is 0 Å². The molecule has 176 valence electrons. The van der Waals surface area contributed by atoms with Crippen LogP contribution in [-0.2, 0) is 16.0 Å². The fourth-order valence-electron chi connectivity index (χ4n) is 3.15. The number of rotatable bonds is 10. The molecule has 10 heteroatoms. The standard InChI is InChI=1S/C22H33FN6O3/c1-15(8-6-7-13-24-21(31)32-22(3,4)5)25-20(30)19(29-16(2)26-27-28-29)14-17-9-11-18(23)12-10-17/h9-12,15,19H,6-8,13-14H2,1-5H3,(H,24,31)(H,25,30)/t15-,19+/m1/s1. The monoisotopic (exact) mass is 448 g/mol. The number of carbonyl (C=O) groups is 2. The second-order valence-electron chi connectivity index (χ2n) is 8.85. The summed E-state index contributed by atoms with van der Waals surface area (Å²) in [7, 11) is 0. The summed E-state index contributed by atoms with van der Waals surface area (Å²) in [6.07, 6.45) is 2.25. The highest BCUT2D eigenvalue weighted by molar-refractivity contribution is 5.80. The van der Waals surface area contributed by atoms with Crippen molar-refractivity contribution in [3.8, 4) is 0 Å². The van der Waals surface area contributed by atoms with Crippen molar-refractivity contribution in [3.05, 3.63) is 41.5 Å². The summed E-state index contributed by atoms with van der Waals surface area (Å²) in [6, 6.07) is 5.31. The molecule has 1 heterocycles. The molecule has 0 radical (unpaired) electrons. The van der Waals surface area contributed by atoms with Gasteiger partial charge in [0.15, 0.2) is 0 Å². The number of hydrogen-bond donors (Lipinski definition) is 2. The number of hydrogen-bond acceptors (Lipinski definition) is 6. The fraction of sp³-hybridized carbons (Fsp3) is 0.591. The summed E-state index contributed by atoms with van der Waals surface area (Å²) in [5.74, 6) is -0.0135. The summed E-state index contributed by atoms with van der Waals surface area (Å²) in [6.45, 7) is 9.62. The van der Waals surface area contributed by atoms with E-state index in [9.17, 15) is 14.0 Å². The molecule has 0 saturated carbocycles. The minimum atomic E-state index is -0.647. The van der Waals surface area contributed by atoms with E-state index in [1.807, 2.05) is 27.7 Å². The number of aryl methyl sites for hydroxylation is 1. The normalized spacial score (nSPS) is 13.3. The van der Waals surface area contributed by atoms with Gasteiger partial charge in [-0.25, -0.2) is 13.9 Å². The van der Waals surface area contributed by atoms with Crippen LogP contribution in [0.4, 0.5) is 9.18 Å². The predicted octanol–water partition coefficient (Wildman–Crippen LogP) is 3.10. The van der Waals surface area contributed by atoms with Crippen molar-refractivity contribution in [2.75, 3.05) is 6.54 Å². The molecule has 2 rings (SSSR count). The maximum atomic E-state index is 13.2. The van der Waals surface area contributed by atoms with Gasteiger partial charge in [0.2, 0.25) is 5.91 Å². The summed E-state index contributed by atoms with van der Waals surface area (Å²) >= 11 is 0. The first kappa shape index (κ1) is 25.2. The van der Waals surface area contributed by atoms with Crippen molar-refractivity contribution in [2.24, 2.45) is 0 Å². The van der Waals surface area contributed by atoms with Gasteiger partial charge in [0.1, 0.15) is 23.3 Å². The first-order valence-corrected chi connectivity index (χ1v) is 10.8. The van der Waals surface area contributed by atoms with E-state index in [-0.39, 0.29) is 17.8 Å². The summed E-state index contributed by atoms with van der Waals surface area (Å²) < 4.78 is 19.9. The molecule has 32 heavy (non-hydrogen) atoms. The zero-order chi connectivity index (χ0) is 23.7. The van der Waals surface area contributed by atoms with Crippen molar-refractivity contribution in [1.29, 1.82) is 0 Å². The van der Waals surface area contributed by atoms with E-state index in [1.54, 1.807) is 19.1 Å². The van der Waals surface area contributed by atoms with Crippen LogP contribution in [0.25, 0.3) is 0 Å². The molecule has 9 nitrogen and oxygen atoms in total. The van der Waals surface area contributed by atoms with Crippen LogP contribution in [-0.4, -0.2) is 50.4 Å². The third-order valence-corrected chi connectivity index (χ3v) is 4.72. The Bertz CT molecular complexity index is 879. The van der Waals surface area contributed by atoms with Gasteiger partial charge < -0.3 is 15.4 Å². The van der Waals surface area contributed by atoms with Gasteiger partial charge in [0, 0.05) is 19.0 Å². The number of unbranched alkanes of at least 4 members (excludes halogenated alkanes) is 1. The van der Waals surface area contributed by atoms with Crippen LogP contribution >= 0.6 is 0 Å². The number of nitrogens with zero attached hydrogens (tertiary/aromatic N) is 4. The van der Waals surface area contributed by atoms with Crippen molar-refractivity contribution in [2.45, 2.75) is 78.0 Å². The Hall–Kier alpha value is -3.04. The lowest BCUT2D eigenvalue weighted by atomic mass is 10.0. The molecular weight excluding hydrogens is 415 g/mol. The van der Waals surface area contributed by atoms with Crippen LogP contribution in [0.1, 0.15) is 64.4 Å². The molecule has 2 amide bonds. The van der Waals surface area contributed by atoms with Crippen molar-refractivity contribution < 1.29 is 18.7 Å². The number of halogens is 1. The lowest BCUT2D eigenvalue weighted by Gasteiger charge is -2.21. The average molecular weight is 449 g/mol. The molecule has 0 aliphatic carbocycles. The number of benzene rings is 1. The Morgan fingerprint density at radius 1 is 1.19 bits per heavy atom. The second kappa shape index (κ2) is 11.5. The highest BCUT2D eigenvalue weighted by Gasteiger charge is 2.25. The number of alkyl carbamates (subject to hydrolysis) is 1. The van der Waals surface area contributed by atoms with E-state index in [2.05, 4.69) is 26.2 Å². The number of ether oxygens (including phenoxy) is 1. The molecule has 0 saturated heterocycles. The van der Waals surface area contributed by atoms with Crippen LogP contribution in [0, 0.1) is 12.7 Å². The molecule has 0 aliphatic rings. The molecule has 0 fully saturated rings. The molecule has 1 aromatic carbocycles. The van der Waals surface area contributed by atoms with E-state index in [0.29, 0.717) is 18.8 Å². The zero-order valence-electron chi connectivity index (χ0n) is 19.4. The summed E-state index contributed by atoms with van der Waals surface area (Å²) in [4.78, 5) is 24.7. The van der Waals surface area contributed by atoms with Crippen molar-refractivity contribution in [3.63, 3.8) is 0 Å². The summed E-state index contributed by atoms with van der Waals surface area (Å²) in [5, 5.41) is 17.2. The molecule has 0 bridgehead atoms. The van der Waals surface area contributed by atoms with Gasteiger partial charge in [-0.3, -0.25) is 4.79 Å². The van der Waals surface area contributed by atoms with Gasteiger partial charge in [-0.05, 0) is 82.0 Å². The number of carbonyl (C=O) groups excluding carboxylic acids is 2. The van der Waals surface area contributed by atoms with Crippen molar-refractivity contribution >= 4 is 12.0 Å². The molecule has 2 atom stereocenters. The minimum absolute atomic E-state index is 0.0727. The Morgan fingerprint density at radius 2 is 1.88 bits per heavy atom. The molecule has 0 spiro atoms. The Kier molecular flexibility index (Phi) is 9.10. The lowest BCUT2D eigenvalue weighted by molar-refractivity contribution is -0.125. The quantitative estimate of drug-likeness (QED) is 0.540. The van der Waals surface area contributed by atoms with Gasteiger partial charge in [0.05, 0.1) is 0 Å². The van der Waals surface area contributed by atoms with Crippen LogP contribution in [0.5, 0.6) is 0 Å². The molecule has 0 unspecified atom stereocenters. The summed E-state index contributed by atoms with van der Waals surface area (Å²) in [5.41, 5.74) is 0.285. The van der Waals surface area contributed by atoms with Crippen LogP contribution in [0.15, 0.2) is 24.3 Å². The molecule has 2 N–H and O–H groups in total. The van der Waals surface area contributed by atoms with E-state index >= 15 is 0 Å². The predicted molar refractivity (Wildman–Crippen MR) is 117 cm³/mol. The fourth-order valence-corrected chi connectivity index (χ4v) is 3.15. The van der Waals surface area contributed by atoms with Crippen molar-refractivity contribution in [1.82, 2.24) is 30.8 Å². The largest absolute Gasteiger partial charge is 0.444 e. The number of amides is 2. The van der Waals surface area contributed by atoms with E-state index < -0.39 is 17.7 Å². The first-order chi connectivity index (χ1) is 15.0. The van der Waals surface area contributed by atoms with Gasteiger partial charge >= 0.3 is 6.09 Å². The van der Waals surface area contributed by atoms with Crippen LogP contribution < -0.4 is 10.6 Å². The van der Waals surface area contributed by atoms with Gasteiger partial charge in [0.25, 0.3) is 0 Å². The smallest absolute Gasteiger partial charge is 0.407 e. The second-order valence-corrected chi connectivity index (χ2v) is 8.85. The minimum Gasteiger partial charge on any atom is -0.444 e. The SMILES string of the molecule is Cc1nnnn1[C@@H](Cc1ccc(F)cc1)C(=O)N[C@H](C)CCCCNC(=O)OC(C)(C)C. The van der Waals surface area contributed by atoms with Gasteiger partial charge in [-0.15, -0.1) is 5.10 Å². The maximum absolute atomic E-state index is 13.2. The first-order valence-electron chi connectivity index (χ1n) is 10.8. The van der Waals surface area contributed by atoms with E-state index in [0.717, 1.165) is 24.8 Å². The van der Waals surface area contributed by atoms with Gasteiger partial charge in [-0.2, -0.15) is 0 Å². The maximum Gasteiger partial charge on any atom is 0.407 e. The van der Waals surface area contributed by atoms with E-state index in [1.165, 1.54) is 16.8 Å². The molecular formula is C22H33FN6O3. The lowest BCUT2D eigenvalue weighted by Crippen LogP contribution is -2.40.